The molecule has 3 aliphatic carbocycles. The summed E-state index contributed by atoms with van der Waals surface area (Å²) in [6, 6.07) is 13.1. The molecule has 0 unspecified atom stereocenters. The Hall–Kier alpha value is -3.91. The predicted octanol–water partition coefficient (Wildman–Crippen LogP) is 2.37. The number of fused-ring (bicyclic) bond motifs is 3. The topological polar surface area (TPSA) is 158 Å². The van der Waals surface area contributed by atoms with E-state index in [9.17, 15) is 34.8 Å². The summed E-state index contributed by atoms with van der Waals surface area (Å²) in [5.74, 6) is -6.18. The number of benzene rings is 2. The highest BCUT2D eigenvalue weighted by molar-refractivity contribution is 6.24. The van der Waals surface area contributed by atoms with Gasteiger partial charge in [-0.05, 0) is 54.4 Å². The number of rotatable bonds is 4. The fraction of sp³-hybridized carbons (Fsp3) is 0.296. The fourth-order valence-corrected chi connectivity index (χ4v) is 5.84. The van der Waals surface area contributed by atoms with Gasteiger partial charge in [-0.1, -0.05) is 36.4 Å². The van der Waals surface area contributed by atoms with Gasteiger partial charge < -0.3 is 26.2 Å². The predicted molar refractivity (Wildman–Crippen MR) is 125 cm³/mol. The molecule has 2 aromatic carbocycles. The number of aliphatic hydroxyl groups is 3. The Labute approximate surface area is 201 Å². The Morgan fingerprint density at radius 3 is 2.40 bits per heavy atom. The third-order valence-electron chi connectivity index (χ3n) is 7.57. The number of hydrogen-bond donors (Lipinski definition) is 5. The smallest absolute Gasteiger partial charge is 0.255 e. The van der Waals surface area contributed by atoms with Gasteiger partial charge in [0.25, 0.3) is 5.91 Å². The van der Waals surface area contributed by atoms with Crippen LogP contribution < -0.4 is 5.73 Å². The van der Waals surface area contributed by atoms with Crippen molar-refractivity contribution in [1.82, 2.24) is 0 Å². The summed E-state index contributed by atoms with van der Waals surface area (Å²) in [6.07, 6.45) is 1.56. The largest absolute Gasteiger partial charge is 0.511 e. The number of hydrogen-bond acceptors (Lipinski definition) is 7. The highest BCUT2D eigenvalue weighted by Crippen LogP contribution is 2.51. The van der Waals surface area contributed by atoms with Crippen LogP contribution >= 0.6 is 0 Å². The molecule has 3 atom stereocenters. The molecule has 8 nitrogen and oxygen atoms in total. The lowest BCUT2D eigenvalue weighted by Crippen LogP contribution is -2.57. The molecule has 0 aliphatic heterocycles. The molecule has 8 heteroatoms. The van der Waals surface area contributed by atoms with E-state index in [4.69, 9.17) is 5.73 Å². The third kappa shape index (κ3) is 3.36. The zero-order valence-electron chi connectivity index (χ0n) is 18.8. The molecule has 2 aromatic rings. The maximum atomic E-state index is 13.6. The van der Waals surface area contributed by atoms with E-state index in [0.29, 0.717) is 18.4 Å². The first-order valence-electron chi connectivity index (χ1n) is 11.5. The minimum atomic E-state index is -2.55. The van der Waals surface area contributed by atoms with Gasteiger partial charge in [-0.3, -0.25) is 14.4 Å². The first-order chi connectivity index (χ1) is 16.6. The molecule has 1 amide bonds. The average molecular weight is 475 g/mol. The maximum Gasteiger partial charge on any atom is 0.255 e. The van der Waals surface area contributed by atoms with Gasteiger partial charge >= 0.3 is 0 Å². The van der Waals surface area contributed by atoms with Crippen molar-refractivity contribution < 1.29 is 34.8 Å². The molecule has 0 aromatic heterocycles. The molecule has 0 fully saturated rings. The normalized spacial score (nSPS) is 25.7. The Morgan fingerprint density at radius 1 is 1.00 bits per heavy atom. The number of aromatic hydroxyl groups is 1. The van der Waals surface area contributed by atoms with E-state index in [0.717, 1.165) is 17.5 Å². The standard InChI is InChI=1S/C27H25NO7/c28-26(34)22-19(30)12-16-10-15-11-17-14(7-6-13-4-2-1-3-5-13)8-9-18(29)21(17)23(31)20(15)24(32)27(16,35)25(22)33/h1-5,8-9,15-16,29-30,32,35H,6-7,10-12H2,(H2,28,34)/t15-,16+,27+/m1/s1. The first-order valence-corrected chi connectivity index (χ1v) is 11.5. The van der Waals surface area contributed by atoms with Crippen LogP contribution in [0.4, 0.5) is 0 Å². The van der Waals surface area contributed by atoms with Gasteiger partial charge in [0.15, 0.2) is 11.4 Å². The first kappa shape index (κ1) is 22.9. The van der Waals surface area contributed by atoms with Crippen molar-refractivity contribution in [2.75, 3.05) is 0 Å². The second-order valence-electron chi connectivity index (χ2n) is 9.49. The number of primary amides is 1. The second-order valence-corrected chi connectivity index (χ2v) is 9.49. The van der Waals surface area contributed by atoms with Crippen molar-refractivity contribution in [3.8, 4) is 5.75 Å². The molecular formula is C27H25NO7. The third-order valence-corrected chi connectivity index (χ3v) is 7.57. The van der Waals surface area contributed by atoms with Crippen molar-refractivity contribution in [1.29, 1.82) is 0 Å². The molecule has 0 spiro atoms. The Morgan fingerprint density at radius 2 is 1.71 bits per heavy atom. The Bertz CT molecular complexity index is 1340. The Balaban J connectivity index is 1.57. The number of ketones is 2. The zero-order chi connectivity index (χ0) is 25.1. The quantitative estimate of drug-likeness (QED) is 0.425. The zero-order valence-corrected chi connectivity index (χ0v) is 18.8. The van der Waals surface area contributed by atoms with Crippen molar-refractivity contribution in [3.05, 3.63) is 87.4 Å². The van der Waals surface area contributed by atoms with E-state index in [2.05, 4.69) is 0 Å². The van der Waals surface area contributed by atoms with E-state index in [1.807, 2.05) is 30.3 Å². The van der Waals surface area contributed by atoms with Crippen molar-refractivity contribution in [3.63, 3.8) is 0 Å². The number of carbonyl (C=O) groups is 3. The van der Waals surface area contributed by atoms with Gasteiger partial charge in [-0.2, -0.15) is 0 Å². The fourth-order valence-electron chi connectivity index (χ4n) is 5.84. The van der Waals surface area contributed by atoms with Gasteiger partial charge in [0, 0.05) is 17.9 Å². The molecular weight excluding hydrogens is 450 g/mol. The molecule has 0 saturated carbocycles. The number of Topliss-reactive ketones (excluding diaryl/α,β-unsaturated/α-hetero) is 2. The summed E-state index contributed by atoms with van der Waals surface area (Å²) in [6.45, 7) is 0. The van der Waals surface area contributed by atoms with Crippen LogP contribution in [-0.2, 0) is 28.9 Å². The number of aliphatic hydroxyl groups excluding tert-OH is 2. The number of carbonyl (C=O) groups excluding carboxylic acids is 3. The van der Waals surface area contributed by atoms with Gasteiger partial charge in [0.2, 0.25) is 5.78 Å². The number of amides is 1. The summed E-state index contributed by atoms with van der Waals surface area (Å²) in [5.41, 5.74) is 4.50. The van der Waals surface area contributed by atoms with Gasteiger partial charge in [-0.15, -0.1) is 0 Å². The highest BCUT2D eigenvalue weighted by atomic mass is 16.3. The van der Waals surface area contributed by atoms with Crippen LogP contribution in [0.1, 0.15) is 39.9 Å². The van der Waals surface area contributed by atoms with Crippen LogP contribution in [0.5, 0.6) is 5.75 Å². The minimum Gasteiger partial charge on any atom is -0.511 e. The number of phenols is 1. The molecule has 0 bridgehead atoms. The van der Waals surface area contributed by atoms with Crippen LogP contribution in [0.15, 0.2) is 65.1 Å². The van der Waals surface area contributed by atoms with E-state index in [-0.39, 0.29) is 29.7 Å². The molecule has 6 N–H and O–H groups in total. The summed E-state index contributed by atoms with van der Waals surface area (Å²) in [4.78, 5) is 38.3. The number of nitrogens with two attached hydrogens (primary N) is 1. The van der Waals surface area contributed by atoms with Crippen LogP contribution in [0.2, 0.25) is 0 Å². The van der Waals surface area contributed by atoms with Crippen molar-refractivity contribution in [2.45, 2.75) is 37.7 Å². The molecule has 0 saturated heterocycles. The summed E-state index contributed by atoms with van der Waals surface area (Å²) in [5, 5.41) is 43.2. The number of allylic oxidation sites excluding steroid dienone is 2. The number of phenolic OH excluding ortho intramolecular Hbond substituents is 1. The van der Waals surface area contributed by atoms with Crippen molar-refractivity contribution >= 4 is 17.5 Å². The molecule has 0 heterocycles. The maximum absolute atomic E-state index is 13.6. The molecule has 180 valence electrons. The summed E-state index contributed by atoms with van der Waals surface area (Å²) >= 11 is 0. The van der Waals surface area contributed by atoms with E-state index < -0.39 is 52.0 Å². The molecule has 5 rings (SSSR count). The second kappa shape index (κ2) is 8.09. The lowest BCUT2D eigenvalue weighted by Gasteiger charge is -2.45. The highest BCUT2D eigenvalue weighted by Gasteiger charge is 2.59. The lowest BCUT2D eigenvalue weighted by molar-refractivity contribution is -0.144. The van der Waals surface area contributed by atoms with E-state index in [1.54, 1.807) is 6.07 Å². The lowest BCUT2D eigenvalue weighted by atomic mass is 9.60. The van der Waals surface area contributed by atoms with Crippen molar-refractivity contribution in [2.24, 2.45) is 17.6 Å². The molecule has 0 radical (unpaired) electrons. The van der Waals surface area contributed by atoms with E-state index >= 15 is 0 Å². The van der Waals surface area contributed by atoms with E-state index in [1.165, 1.54) is 6.07 Å². The monoisotopic (exact) mass is 475 g/mol. The SMILES string of the molecule is NC(=O)C1=C(O)C[C@@H]2C[C@@H]3Cc4c(CCc5ccccc5)ccc(O)c4C(=O)C3=C(O)[C@]2(O)C1=O. The molecule has 3 aliphatic rings. The summed E-state index contributed by atoms with van der Waals surface area (Å²) in [7, 11) is 0. The minimum absolute atomic E-state index is 0.0483. The van der Waals surface area contributed by atoms with Crippen LogP contribution in [-0.4, -0.2) is 43.5 Å². The molecule has 35 heavy (non-hydrogen) atoms. The van der Waals surface area contributed by atoms with Crippen LogP contribution in [0.25, 0.3) is 0 Å². The average Bonchev–Trinajstić information content (AvgIpc) is 2.81. The number of aryl methyl sites for hydroxylation is 2. The van der Waals surface area contributed by atoms with Gasteiger partial charge in [0.05, 0.1) is 5.56 Å². The summed E-state index contributed by atoms with van der Waals surface area (Å²) < 4.78 is 0. The van der Waals surface area contributed by atoms with Gasteiger partial charge in [0.1, 0.15) is 22.8 Å². The van der Waals surface area contributed by atoms with Gasteiger partial charge in [-0.25, -0.2) is 0 Å². The van der Waals surface area contributed by atoms with Crippen LogP contribution in [0, 0.1) is 11.8 Å². The Kier molecular flexibility index (Phi) is 5.29. The van der Waals surface area contributed by atoms with Crippen LogP contribution in [0.3, 0.4) is 0 Å².